The van der Waals surface area contributed by atoms with E-state index in [0.29, 0.717) is 6.61 Å². The second-order valence-electron chi connectivity index (χ2n) is 4.14. The molecular formula is C15H19NO5. The van der Waals surface area contributed by atoms with Crippen molar-refractivity contribution in [3.05, 3.63) is 35.9 Å². The molecule has 1 rings (SSSR count). The Labute approximate surface area is 123 Å². The number of hydrogen-bond donors (Lipinski definition) is 2. The van der Waals surface area contributed by atoms with Crippen molar-refractivity contribution in [1.29, 1.82) is 0 Å². The van der Waals surface area contributed by atoms with Crippen molar-refractivity contribution in [1.82, 2.24) is 5.32 Å². The Bertz CT molecular complexity index is 495. The minimum absolute atomic E-state index is 0.0850. The number of amides is 1. The third kappa shape index (κ3) is 6.09. The SMILES string of the molecule is CCOc1ccc(/C=C/C(=O)NCC(OC)C(=O)O)cc1. The Kier molecular flexibility index (Phi) is 6.97. The van der Waals surface area contributed by atoms with Gasteiger partial charge in [0.25, 0.3) is 0 Å². The molecule has 0 saturated heterocycles. The van der Waals surface area contributed by atoms with E-state index in [0.717, 1.165) is 11.3 Å². The van der Waals surface area contributed by atoms with E-state index in [2.05, 4.69) is 5.32 Å². The summed E-state index contributed by atoms with van der Waals surface area (Å²) in [6, 6.07) is 7.27. The van der Waals surface area contributed by atoms with Gasteiger partial charge in [0.2, 0.25) is 5.91 Å². The average molecular weight is 293 g/mol. The van der Waals surface area contributed by atoms with Crippen LogP contribution in [0.1, 0.15) is 12.5 Å². The first kappa shape index (κ1) is 16.7. The van der Waals surface area contributed by atoms with Crippen molar-refractivity contribution in [3.63, 3.8) is 0 Å². The number of methoxy groups -OCH3 is 1. The molecule has 0 saturated carbocycles. The Morgan fingerprint density at radius 1 is 1.33 bits per heavy atom. The molecule has 2 N–H and O–H groups in total. The minimum atomic E-state index is -1.12. The number of aliphatic carboxylic acids is 1. The van der Waals surface area contributed by atoms with Crippen LogP contribution < -0.4 is 10.1 Å². The predicted octanol–water partition coefficient (Wildman–Crippen LogP) is 1.31. The predicted molar refractivity (Wildman–Crippen MR) is 78.1 cm³/mol. The molecule has 1 amide bonds. The lowest BCUT2D eigenvalue weighted by Crippen LogP contribution is -2.37. The summed E-state index contributed by atoms with van der Waals surface area (Å²) in [5.41, 5.74) is 0.843. The molecule has 0 spiro atoms. The lowest BCUT2D eigenvalue weighted by molar-refractivity contribution is -0.148. The van der Waals surface area contributed by atoms with Gasteiger partial charge >= 0.3 is 5.97 Å². The number of hydrogen-bond acceptors (Lipinski definition) is 4. The normalized spacial score (nSPS) is 12.1. The van der Waals surface area contributed by atoms with Gasteiger partial charge in [-0.05, 0) is 30.7 Å². The lowest BCUT2D eigenvalue weighted by atomic mass is 10.2. The molecule has 6 heteroatoms. The Morgan fingerprint density at radius 2 is 2.00 bits per heavy atom. The maximum atomic E-state index is 11.6. The molecule has 114 valence electrons. The molecule has 0 fully saturated rings. The van der Waals surface area contributed by atoms with Crippen LogP contribution in [0.5, 0.6) is 5.75 Å². The van der Waals surface area contributed by atoms with Gasteiger partial charge in [0, 0.05) is 13.2 Å². The minimum Gasteiger partial charge on any atom is -0.494 e. The summed E-state index contributed by atoms with van der Waals surface area (Å²) >= 11 is 0. The zero-order valence-corrected chi connectivity index (χ0v) is 12.0. The molecule has 1 aromatic rings. The molecule has 0 aromatic heterocycles. The van der Waals surface area contributed by atoms with E-state index in [4.69, 9.17) is 14.6 Å². The van der Waals surface area contributed by atoms with E-state index in [1.54, 1.807) is 6.08 Å². The van der Waals surface area contributed by atoms with Gasteiger partial charge in [-0.25, -0.2) is 4.79 Å². The molecule has 21 heavy (non-hydrogen) atoms. The molecule has 0 heterocycles. The monoisotopic (exact) mass is 293 g/mol. The van der Waals surface area contributed by atoms with E-state index in [1.165, 1.54) is 13.2 Å². The molecule has 0 bridgehead atoms. The van der Waals surface area contributed by atoms with Gasteiger partial charge < -0.3 is 19.9 Å². The second-order valence-corrected chi connectivity index (χ2v) is 4.14. The summed E-state index contributed by atoms with van der Waals surface area (Å²) in [5, 5.41) is 11.2. The van der Waals surface area contributed by atoms with E-state index >= 15 is 0 Å². The maximum absolute atomic E-state index is 11.6. The van der Waals surface area contributed by atoms with Crippen LogP contribution in [0.4, 0.5) is 0 Å². The highest BCUT2D eigenvalue weighted by atomic mass is 16.5. The standard InChI is InChI=1S/C15H19NO5/c1-3-21-12-7-4-11(5-8-12)6-9-14(17)16-10-13(20-2)15(18)19/h4-9,13H,3,10H2,1-2H3,(H,16,17)(H,18,19)/b9-6+. The molecule has 1 atom stereocenters. The highest BCUT2D eigenvalue weighted by Gasteiger charge is 2.16. The Balaban J connectivity index is 2.48. The topological polar surface area (TPSA) is 84.9 Å². The fourth-order valence-electron chi connectivity index (χ4n) is 1.54. The van der Waals surface area contributed by atoms with Crippen molar-refractivity contribution in [3.8, 4) is 5.75 Å². The van der Waals surface area contributed by atoms with Crippen LogP contribution in [0.3, 0.4) is 0 Å². The van der Waals surface area contributed by atoms with Crippen LogP contribution in [0.15, 0.2) is 30.3 Å². The van der Waals surface area contributed by atoms with Crippen molar-refractivity contribution in [2.45, 2.75) is 13.0 Å². The lowest BCUT2D eigenvalue weighted by Gasteiger charge is -2.10. The van der Waals surface area contributed by atoms with Crippen molar-refractivity contribution >= 4 is 18.0 Å². The summed E-state index contributed by atoms with van der Waals surface area (Å²) in [7, 11) is 1.28. The Hall–Kier alpha value is -2.34. The van der Waals surface area contributed by atoms with Gasteiger partial charge in [-0.3, -0.25) is 4.79 Å². The van der Waals surface area contributed by atoms with Gasteiger partial charge in [0.05, 0.1) is 13.2 Å². The van der Waals surface area contributed by atoms with Crippen LogP contribution in [0, 0.1) is 0 Å². The van der Waals surface area contributed by atoms with Crippen molar-refractivity contribution in [2.24, 2.45) is 0 Å². The van der Waals surface area contributed by atoms with Crippen LogP contribution in [0.2, 0.25) is 0 Å². The number of carboxylic acid groups (broad SMARTS) is 1. The van der Waals surface area contributed by atoms with E-state index < -0.39 is 12.1 Å². The zero-order valence-electron chi connectivity index (χ0n) is 12.0. The van der Waals surface area contributed by atoms with Crippen LogP contribution in [-0.4, -0.2) is 43.3 Å². The van der Waals surface area contributed by atoms with E-state index in [-0.39, 0.29) is 12.5 Å². The third-order valence-corrected chi connectivity index (χ3v) is 2.64. The quantitative estimate of drug-likeness (QED) is 0.706. The molecule has 0 aliphatic heterocycles. The maximum Gasteiger partial charge on any atom is 0.334 e. The number of carboxylic acids is 1. The highest BCUT2D eigenvalue weighted by Crippen LogP contribution is 2.12. The summed E-state index contributed by atoms with van der Waals surface area (Å²) in [5.74, 6) is -0.732. The van der Waals surface area contributed by atoms with Crippen molar-refractivity contribution in [2.75, 3.05) is 20.3 Å². The molecule has 0 radical (unpaired) electrons. The number of benzene rings is 1. The average Bonchev–Trinajstić information content (AvgIpc) is 2.47. The van der Waals surface area contributed by atoms with Crippen molar-refractivity contribution < 1.29 is 24.2 Å². The largest absolute Gasteiger partial charge is 0.494 e. The highest BCUT2D eigenvalue weighted by molar-refractivity contribution is 5.92. The molecule has 0 aliphatic rings. The molecule has 0 aliphatic carbocycles. The molecule has 1 unspecified atom stereocenters. The smallest absolute Gasteiger partial charge is 0.334 e. The van der Waals surface area contributed by atoms with Gasteiger partial charge in [-0.2, -0.15) is 0 Å². The number of rotatable bonds is 8. The fourth-order valence-corrected chi connectivity index (χ4v) is 1.54. The number of carbonyl (C=O) groups is 2. The first-order valence-corrected chi connectivity index (χ1v) is 6.51. The summed E-state index contributed by atoms with van der Waals surface area (Å²) in [6.45, 7) is 2.42. The first-order valence-electron chi connectivity index (χ1n) is 6.51. The number of nitrogens with one attached hydrogen (secondary N) is 1. The Morgan fingerprint density at radius 3 is 2.52 bits per heavy atom. The fraction of sp³-hybridized carbons (Fsp3) is 0.333. The van der Waals surface area contributed by atoms with Crippen LogP contribution in [-0.2, 0) is 14.3 Å². The van der Waals surface area contributed by atoms with E-state index in [1.807, 2.05) is 31.2 Å². The third-order valence-electron chi connectivity index (χ3n) is 2.64. The zero-order chi connectivity index (χ0) is 15.7. The van der Waals surface area contributed by atoms with E-state index in [9.17, 15) is 9.59 Å². The summed E-state index contributed by atoms with van der Waals surface area (Å²) in [6.07, 6.45) is 1.92. The molecule has 6 nitrogen and oxygen atoms in total. The summed E-state index contributed by atoms with van der Waals surface area (Å²) in [4.78, 5) is 22.3. The van der Waals surface area contributed by atoms with Gasteiger partial charge in [0.1, 0.15) is 5.75 Å². The van der Waals surface area contributed by atoms with Crippen LogP contribution in [0.25, 0.3) is 6.08 Å². The molecule has 1 aromatic carbocycles. The van der Waals surface area contributed by atoms with Gasteiger partial charge in [-0.15, -0.1) is 0 Å². The number of carbonyl (C=O) groups excluding carboxylic acids is 1. The second kappa shape index (κ2) is 8.76. The molecular weight excluding hydrogens is 274 g/mol. The summed E-state index contributed by atoms with van der Waals surface area (Å²) < 4.78 is 10.0. The first-order chi connectivity index (χ1) is 10.1. The van der Waals surface area contributed by atoms with Gasteiger partial charge in [-0.1, -0.05) is 12.1 Å². The van der Waals surface area contributed by atoms with Crippen LogP contribution >= 0.6 is 0 Å². The number of ether oxygens (including phenoxy) is 2. The van der Waals surface area contributed by atoms with Gasteiger partial charge in [0.15, 0.2) is 6.10 Å².